The van der Waals surface area contributed by atoms with E-state index in [1.807, 2.05) is 37.4 Å². The van der Waals surface area contributed by atoms with Gasteiger partial charge in [0.25, 0.3) is 0 Å². The molecule has 244 valence electrons. The fourth-order valence-corrected chi connectivity index (χ4v) is 5.05. The summed E-state index contributed by atoms with van der Waals surface area (Å²) in [5.74, 6) is 0.971. The van der Waals surface area contributed by atoms with E-state index in [-0.39, 0.29) is 20.6 Å². The fourth-order valence-electron chi connectivity index (χ4n) is 5.05. The van der Waals surface area contributed by atoms with E-state index in [0.717, 1.165) is 35.4 Å². The zero-order valence-electron chi connectivity index (χ0n) is 26.4. The number of carbonyl (C=O) groups excluding carboxylic acids is 2. The van der Waals surface area contributed by atoms with Crippen LogP contribution in [-0.2, 0) is 20.7 Å². The van der Waals surface area contributed by atoms with Gasteiger partial charge in [-0.15, -0.1) is 0 Å². The number of rotatable bonds is 11. The number of nitrogen functional groups attached to an aromatic ring is 1. The molecule has 1 saturated carbocycles. The number of nitrogens with one attached hydrogen (secondary N) is 1. The van der Waals surface area contributed by atoms with Crippen molar-refractivity contribution in [1.82, 2.24) is 29.7 Å². The van der Waals surface area contributed by atoms with Crippen LogP contribution in [0.15, 0.2) is 65.6 Å². The second kappa shape index (κ2) is 17.4. The molecule has 1 aliphatic carbocycles. The van der Waals surface area contributed by atoms with E-state index >= 15 is 0 Å². The lowest BCUT2D eigenvalue weighted by Gasteiger charge is -2.15. The van der Waals surface area contributed by atoms with Gasteiger partial charge in [-0.2, -0.15) is 10.1 Å². The molecule has 0 spiro atoms. The molecule has 0 atom stereocenters. The molecule has 5 aromatic rings. The summed E-state index contributed by atoms with van der Waals surface area (Å²) in [7, 11) is 0. The topological polar surface area (TPSA) is 173 Å². The molecule has 13 heteroatoms. The number of esters is 1. The van der Waals surface area contributed by atoms with Gasteiger partial charge < -0.3 is 25.0 Å². The van der Waals surface area contributed by atoms with Gasteiger partial charge in [-0.1, -0.05) is 50.0 Å². The Morgan fingerprint density at radius 2 is 1.89 bits per heavy atom. The minimum Gasteiger partial charge on any atom is -0.460 e. The summed E-state index contributed by atoms with van der Waals surface area (Å²) in [4.78, 5) is 35.2. The first kappa shape index (κ1) is 33.7. The first-order valence-electron chi connectivity index (χ1n) is 15.4. The van der Waals surface area contributed by atoms with Gasteiger partial charge in [-0.3, -0.25) is 9.78 Å². The molecule has 4 aromatic heterocycles. The third kappa shape index (κ3) is 8.94. The van der Waals surface area contributed by atoms with E-state index in [4.69, 9.17) is 19.7 Å². The lowest BCUT2D eigenvalue weighted by atomic mass is 10.0. The van der Waals surface area contributed by atoms with Gasteiger partial charge in [-0.05, 0) is 43.5 Å². The van der Waals surface area contributed by atoms with Crippen LogP contribution in [0.25, 0.3) is 17.2 Å². The molecule has 1 fully saturated rings. The summed E-state index contributed by atoms with van der Waals surface area (Å²) in [6.07, 6.45) is 11.0. The molecule has 0 radical (unpaired) electrons. The molecule has 4 heterocycles. The number of carbonyl (C=O) groups is 2. The second-order valence-electron chi connectivity index (χ2n) is 10.2. The monoisotopic (exact) mass is 630 g/mol. The number of hydrogen-bond acceptors (Lipinski definition) is 11. The zero-order chi connectivity index (χ0) is 32.7. The fraction of sp³-hybridized carbons (Fsp3) is 0.364. The Balaban J connectivity index is 0.000000258. The first-order valence-corrected chi connectivity index (χ1v) is 15.4. The Labute approximate surface area is 269 Å². The van der Waals surface area contributed by atoms with Gasteiger partial charge in [0.2, 0.25) is 18.1 Å². The van der Waals surface area contributed by atoms with Gasteiger partial charge in [0, 0.05) is 13.4 Å². The summed E-state index contributed by atoms with van der Waals surface area (Å²) in [5.41, 5.74) is 11.0. The van der Waals surface area contributed by atoms with Gasteiger partial charge in [0.1, 0.15) is 12.3 Å². The number of amides is 1. The minimum atomic E-state index is -0.368. The van der Waals surface area contributed by atoms with Crippen molar-refractivity contribution in [3.05, 3.63) is 83.8 Å². The van der Waals surface area contributed by atoms with Gasteiger partial charge in [0.15, 0.2) is 5.65 Å². The highest BCUT2D eigenvalue weighted by atomic mass is 16.6. The molecule has 0 aliphatic heterocycles. The summed E-state index contributed by atoms with van der Waals surface area (Å²) in [5, 5.41) is 11.0. The predicted molar refractivity (Wildman–Crippen MR) is 175 cm³/mol. The van der Waals surface area contributed by atoms with Crippen LogP contribution in [0, 0.1) is 6.92 Å². The van der Waals surface area contributed by atoms with Crippen LogP contribution in [-0.4, -0.2) is 61.9 Å². The molecular weight excluding hydrogens is 588 g/mol. The number of aromatic nitrogens is 6. The van der Waals surface area contributed by atoms with Crippen molar-refractivity contribution >= 4 is 29.4 Å². The van der Waals surface area contributed by atoms with Crippen molar-refractivity contribution in [3.8, 4) is 11.5 Å². The van der Waals surface area contributed by atoms with E-state index in [1.54, 1.807) is 48.9 Å². The molecule has 0 bridgehead atoms. The smallest absolute Gasteiger partial charge is 0.338 e. The molecule has 0 unspecified atom stereocenters. The Bertz CT molecular complexity index is 1690. The number of nitrogens with zero attached hydrogens (tertiary/aromatic N) is 6. The lowest BCUT2D eigenvalue weighted by Crippen LogP contribution is -2.11. The van der Waals surface area contributed by atoms with Crippen LogP contribution in [0.5, 0.6) is 0 Å². The molecule has 3 N–H and O–H groups in total. The van der Waals surface area contributed by atoms with E-state index < -0.39 is 0 Å². The largest absolute Gasteiger partial charge is 0.460 e. The van der Waals surface area contributed by atoms with E-state index in [0.29, 0.717) is 54.0 Å². The number of ether oxygens (including phenoxy) is 2. The summed E-state index contributed by atoms with van der Waals surface area (Å²) in [6, 6.07) is 12.5. The Kier molecular flexibility index (Phi) is 12.7. The number of fused-ring (bicyclic) bond motifs is 1. The van der Waals surface area contributed by atoms with Crippen LogP contribution in [0.1, 0.15) is 74.4 Å². The number of benzene rings is 1. The minimum absolute atomic E-state index is 0. The lowest BCUT2D eigenvalue weighted by molar-refractivity contribution is -0.105. The summed E-state index contributed by atoms with van der Waals surface area (Å²) in [6.45, 7) is 6.73. The van der Waals surface area contributed by atoms with Crippen molar-refractivity contribution in [3.63, 3.8) is 0 Å². The molecule has 6 rings (SSSR count). The normalized spacial score (nSPS) is 12.5. The van der Waals surface area contributed by atoms with Gasteiger partial charge in [-0.25, -0.2) is 14.3 Å². The molecule has 46 heavy (non-hydrogen) atoms. The average molecular weight is 631 g/mol. The van der Waals surface area contributed by atoms with E-state index in [2.05, 4.69) is 30.5 Å². The van der Waals surface area contributed by atoms with Crippen LogP contribution < -0.4 is 11.1 Å². The number of aryl methyl sites for hydroxylation is 1. The molecule has 13 nitrogen and oxygen atoms in total. The standard InChI is InChI=1S/C19H20N4O4.C12H14N4O.C2H6.H2/c1-13-11-15(20)12-21-17(13)18-22-16(27-23-18)7-8-25-9-10-26-19(24)14-5-3-2-4-6-14;17-8-14-10-7-13-11-5-6-15-16(11)12(10)9-3-1-2-4-9;1-2;/h2-6,11-12H,7-10,20H2,1H3;5-9H,1-4H2,(H,14,17);1-2H3;1H. The quantitative estimate of drug-likeness (QED) is 0.105. The van der Waals surface area contributed by atoms with Crippen molar-refractivity contribution < 1.29 is 25.0 Å². The zero-order valence-corrected chi connectivity index (χ0v) is 26.4. The van der Waals surface area contributed by atoms with Crippen LogP contribution in [0.4, 0.5) is 11.4 Å². The maximum atomic E-state index is 11.8. The van der Waals surface area contributed by atoms with E-state index in [9.17, 15) is 9.59 Å². The molecule has 1 aliphatic rings. The number of nitrogens with two attached hydrogens (primary N) is 1. The summed E-state index contributed by atoms with van der Waals surface area (Å²) < 4.78 is 17.6. The van der Waals surface area contributed by atoms with Gasteiger partial charge in [0.05, 0.1) is 60.9 Å². The molecular formula is C33H42N8O5. The predicted octanol–water partition coefficient (Wildman–Crippen LogP) is 5.67. The number of anilines is 2. The Hall–Kier alpha value is -5.17. The van der Waals surface area contributed by atoms with Crippen molar-refractivity contribution in [2.75, 3.05) is 30.9 Å². The Morgan fingerprint density at radius 3 is 2.63 bits per heavy atom. The number of hydrogen-bond donors (Lipinski definition) is 2. The van der Waals surface area contributed by atoms with Crippen LogP contribution >= 0.6 is 0 Å². The Morgan fingerprint density at radius 1 is 1.11 bits per heavy atom. The molecule has 1 amide bonds. The molecule has 1 aromatic carbocycles. The highest BCUT2D eigenvalue weighted by Crippen LogP contribution is 2.37. The third-order valence-electron chi connectivity index (χ3n) is 7.12. The molecule has 0 saturated heterocycles. The second-order valence-corrected chi connectivity index (χ2v) is 10.2. The third-order valence-corrected chi connectivity index (χ3v) is 7.12. The van der Waals surface area contributed by atoms with Crippen LogP contribution in [0.2, 0.25) is 0 Å². The number of pyridine rings is 1. The SMILES string of the molecule is CC.Cc1cc(N)cnc1-c1noc(CCOCCOC(=O)c2ccccc2)n1.O=CNc1cnc2ccnn2c1C1CCCC1.[HH]. The van der Waals surface area contributed by atoms with Crippen molar-refractivity contribution in [2.24, 2.45) is 0 Å². The maximum absolute atomic E-state index is 11.8. The highest BCUT2D eigenvalue weighted by molar-refractivity contribution is 5.89. The maximum Gasteiger partial charge on any atom is 0.338 e. The van der Waals surface area contributed by atoms with Gasteiger partial charge >= 0.3 is 5.97 Å². The summed E-state index contributed by atoms with van der Waals surface area (Å²) >= 11 is 0. The van der Waals surface area contributed by atoms with Crippen molar-refractivity contribution in [2.45, 2.75) is 58.8 Å². The average Bonchev–Trinajstić information content (AvgIpc) is 3.87. The van der Waals surface area contributed by atoms with Crippen LogP contribution in [0.3, 0.4) is 0 Å². The highest BCUT2D eigenvalue weighted by Gasteiger charge is 2.23. The van der Waals surface area contributed by atoms with Crippen molar-refractivity contribution in [1.29, 1.82) is 0 Å². The van der Waals surface area contributed by atoms with E-state index in [1.165, 1.54) is 12.8 Å². The first-order chi connectivity index (χ1) is 22.5.